The Morgan fingerprint density at radius 1 is 1.38 bits per heavy atom. The van der Waals surface area contributed by atoms with E-state index in [9.17, 15) is 0 Å². The van der Waals surface area contributed by atoms with Crippen molar-refractivity contribution in [3.05, 3.63) is 11.6 Å². The second-order valence-electron chi connectivity index (χ2n) is 6.28. The van der Waals surface area contributed by atoms with Gasteiger partial charge in [-0.05, 0) is 39.3 Å². The maximum atomic E-state index is 5.36. The summed E-state index contributed by atoms with van der Waals surface area (Å²) in [7, 11) is 0. The number of likely N-dealkylation sites (tertiary alicyclic amines) is 1. The number of nitrogens with zero attached hydrogens (tertiary/aromatic N) is 3. The Morgan fingerprint density at radius 3 is 2.79 bits per heavy atom. The SMILES string of the molecule is CCNC(=NCCC1=CCOCC1)N1CCC(N(CC)CC)C1.I. The molecule has 0 saturated carbocycles. The first-order valence-electron chi connectivity index (χ1n) is 9.31. The summed E-state index contributed by atoms with van der Waals surface area (Å²) in [4.78, 5) is 9.87. The van der Waals surface area contributed by atoms with Crippen molar-refractivity contribution in [3.8, 4) is 0 Å². The van der Waals surface area contributed by atoms with Crippen molar-refractivity contribution < 1.29 is 4.74 Å². The summed E-state index contributed by atoms with van der Waals surface area (Å²) in [5.41, 5.74) is 1.50. The third kappa shape index (κ3) is 6.52. The number of halogens is 1. The van der Waals surface area contributed by atoms with Crippen molar-refractivity contribution in [1.82, 2.24) is 15.1 Å². The predicted octanol–water partition coefficient (Wildman–Crippen LogP) is 2.72. The smallest absolute Gasteiger partial charge is 0.193 e. The number of aliphatic imine (C=N–C) groups is 1. The van der Waals surface area contributed by atoms with E-state index in [-0.39, 0.29) is 24.0 Å². The molecule has 2 aliphatic heterocycles. The largest absolute Gasteiger partial charge is 0.377 e. The highest BCUT2D eigenvalue weighted by atomic mass is 127. The Kier molecular flexibility index (Phi) is 10.9. The second-order valence-corrected chi connectivity index (χ2v) is 6.28. The van der Waals surface area contributed by atoms with E-state index in [4.69, 9.17) is 9.73 Å². The Bertz CT molecular complexity index is 410. The maximum Gasteiger partial charge on any atom is 0.193 e. The third-order valence-electron chi connectivity index (χ3n) is 4.88. The molecule has 2 rings (SSSR count). The highest BCUT2D eigenvalue weighted by Crippen LogP contribution is 2.16. The second kappa shape index (κ2) is 12.1. The molecular weight excluding hydrogens is 415 g/mol. The van der Waals surface area contributed by atoms with Gasteiger partial charge in [-0.15, -0.1) is 24.0 Å². The van der Waals surface area contributed by atoms with Gasteiger partial charge in [-0.25, -0.2) is 0 Å². The Hall–Kier alpha value is -0.340. The van der Waals surface area contributed by atoms with E-state index in [1.165, 1.54) is 12.0 Å². The molecule has 0 aromatic carbocycles. The molecule has 140 valence electrons. The molecule has 24 heavy (non-hydrogen) atoms. The van der Waals surface area contributed by atoms with E-state index < -0.39 is 0 Å². The molecule has 1 saturated heterocycles. The molecular formula is C18H35IN4O. The van der Waals surface area contributed by atoms with Gasteiger partial charge in [-0.2, -0.15) is 0 Å². The number of nitrogens with one attached hydrogen (secondary N) is 1. The van der Waals surface area contributed by atoms with E-state index in [0.29, 0.717) is 6.04 Å². The molecule has 0 aliphatic carbocycles. The highest BCUT2D eigenvalue weighted by Gasteiger charge is 2.27. The van der Waals surface area contributed by atoms with Crippen LogP contribution in [0.4, 0.5) is 0 Å². The van der Waals surface area contributed by atoms with Crippen LogP contribution in [0.15, 0.2) is 16.6 Å². The molecule has 0 bridgehead atoms. The third-order valence-corrected chi connectivity index (χ3v) is 4.88. The van der Waals surface area contributed by atoms with E-state index in [1.807, 2.05) is 0 Å². The maximum absolute atomic E-state index is 5.36. The summed E-state index contributed by atoms with van der Waals surface area (Å²) in [6.07, 6.45) is 5.60. The van der Waals surface area contributed by atoms with Gasteiger partial charge in [0.25, 0.3) is 0 Å². The molecule has 6 heteroatoms. The van der Waals surface area contributed by atoms with E-state index in [0.717, 1.165) is 71.3 Å². The standard InChI is InChI=1S/C18H34N4O.HI/c1-4-19-18(20-11-7-16-9-13-23-14-10-16)22-12-8-17(15-22)21(5-2)6-3;/h9,17H,4-8,10-15H2,1-3H3,(H,19,20);1H. The lowest BCUT2D eigenvalue weighted by molar-refractivity contribution is 0.153. The van der Waals surface area contributed by atoms with Gasteiger partial charge in [-0.3, -0.25) is 9.89 Å². The number of likely N-dealkylation sites (N-methyl/N-ethyl adjacent to an activating group) is 1. The molecule has 1 N–H and O–H groups in total. The van der Waals surface area contributed by atoms with Crippen molar-refractivity contribution in [2.75, 3.05) is 52.5 Å². The lowest BCUT2D eigenvalue weighted by atomic mass is 10.1. The van der Waals surface area contributed by atoms with Crippen LogP contribution in [0.2, 0.25) is 0 Å². The minimum absolute atomic E-state index is 0. The number of ether oxygens (including phenoxy) is 1. The number of hydrogen-bond acceptors (Lipinski definition) is 3. The lowest BCUT2D eigenvalue weighted by Gasteiger charge is -2.27. The zero-order valence-electron chi connectivity index (χ0n) is 15.6. The van der Waals surface area contributed by atoms with Crippen LogP contribution in [0.5, 0.6) is 0 Å². The molecule has 2 aliphatic rings. The molecule has 1 atom stereocenters. The van der Waals surface area contributed by atoms with Gasteiger partial charge in [0.05, 0.1) is 13.2 Å². The molecule has 2 heterocycles. The summed E-state index contributed by atoms with van der Waals surface area (Å²) in [5, 5.41) is 3.47. The quantitative estimate of drug-likeness (QED) is 0.280. The van der Waals surface area contributed by atoms with E-state index in [1.54, 1.807) is 0 Å². The fraction of sp³-hybridized carbons (Fsp3) is 0.833. The fourth-order valence-corrected chi connectivity index (χ4v) is 3.50. The van der Waals surface area contributed by atoms with Crippen LogP contribution in [0.3, 0.4) is 0 Å². The zero-order valence-corrected chi connectivity index (χ0v) is 17.9. The Balaban J connectivity index is 0.00000288. The molecule has 0 aromatic heterocycles. The molecule has 0 radical (unpaired) electrons. The van der Waals surface area contributed by atoms with E-state index >= 15 is 0 Å². The monoisotopic (exact) mass is 450 g/mol. The minimum Gasteiger partial charge on any atom is -0.377 e. The van der Waals surface area contributed by atoms with Crippen molar-refractivity contribution in [1.29, 1.82) is 0 Å². The number of guanidine groups is 1. The van der Waals surface area contributed by atoms with Gasteiger partial charge in [0.15, 0.2) is 5.96 Å². The van der Waals surface area contributed by atoms with Crippen LogP contribution in [-0.4, -0.2) is 74.3 Å². The van der Waals surface area contributed by atoms with Crippen molar-refractivity contribution in [2.24, 2.45) is 4.99 Å². The predicted molar refractivity (Wildman–Crippen MR) is 112 cm³/mol. The number of hydrogen-bond donors (Lipinski definition) is 1. The van der Waals surface area contributed by atoms with Crippen molar-refractivity contribution in [2.45, 2.75) is 46.1 Å². The van der Waals surface area contributed by atoms with Gasteiger partial charge >= 0.3 is 0 Å². The summed E-state index contributed by atoms with van der Waals surface area (Å²) >= 11 is 0. The summed E-state index contributed by atoms with van der Waals surface area (Å²) in [6.45, 7) is 14.6. The minimum atomic E-state index is 0. The van der Waals surface area contributed by atoms with Gasteiger partial charge in [-0.1, -0.05) is 25.5 Å². The lowest BCUT2D eigenvalue weighted by Crippen LogP contribution is -2.43. The Morgan fingerprint density at radius 2 is 2.17 bits per heavy atom. The van der Waals surface area contributed by atoms with Crippen LogP contribution < -0.4 is 5.32 Å². The van der Waals surface area contributed by atoms with Crippen molar-refractivity contribution in [3.63, 3.8) is 0 Å². The van der Waals surface area contributed by atoms with Crippen LogP contribution >= 0.6 is 24.0 Å². The van der Waals surface area contributed by atoms with Gasteiger partial charge in [0.2, 0.25) is 0 Å². The average Bonchev–Trinajstić information content (AvgIpc) is 3.06. The van der Waals surface area contributed by atoms with Crippen molar-refractivity contribution >= 4 is 29.9 Å². The fourth-order valence-electron chi connectivity index (χ4n) is 3.50. The molecule has 0 spiro atoms. The normalized spacial score (nSPS) is 21.7. The first kappa shape index (κ1) is 21.7. The summed E-state index contributed by atoms with van der Waals surface area (Å²) in [5.74, 6) is 1.09. The van der Waals surface area contributed by atoms with Crippen LogP contribution in [0, 0.1) is 0 Å². The molecule has 1 unspecified atom stereocenters. The van der Waals surface area contributed by atoms with Gasteiger partial charge in [0.1, 0.15) is 0 Å². The topological polar surface area (TPSA) is 40.1 Å². The molecule has 5 nitrogen and oxygen atoms in total. The van der Waals surface area contributed by atoms with Crippen LogP contribution in [-0.2, 0) is 4.74 Å². The van der Waals surface area contributed by atoms with Crippen LogP contribution in [0.25, 0.3) is 0 Å². The van der Waals surface area contributed by atoms with Crippen LogP contribution in [0.1, 0.15) is 40.0 Å². The highest BCUT2D eigenvalue weighted by molar-refractivity contribution is 14.0. The van der Waals surface area contributed by atoms with Gasteiger partial charge < -0.3 is 15.0 Å². The zero-order chi connectivity index (χ0) is 16.5. The number of rotatable bonds is 7. The summed E-state index contributed by atoms with van der Waals surface area (Å²) < 4.78 is 5.36. The first-order chi connectivity index (χ1) is 11.3. The molecule has 0 amide bonds. The molecule has 1 fully saturated rings. The Labute approximate surface area is 164 Å². The van der Waals surface area contributed by atoms with E-state index in [2.05, 4.69) is 42.0 Å². The van der Waals surface area contributed by atoms with Gasteiger partial charge in [0, 0.05) is 32.2 Å². The summed E-state index contributed by atoms with van der Waals surface area (Å²) in [6, 6.07) is 0.673. The molecule has 0 aromatic rings. The first-order valence-corrected chi connectivity index (χ1v) is 9.31. The average molecular weight is 450 g/mol.